The Morgan fingerprint density at radius 1 is 1.07 bits per heavy atom. The number of rotatable bonds is 6. The highest BCUT2D eigenvalue weighted by Gasteiger charge is 2.33. The molecule has 5 heteroatoms. The molecule has 0 bridgehead atoms. The predicted molar refractivity (Wildman–Crippen MR) is 118 cm³/mol. The van der Waals surface area contributed by atoms with Gasteiger partial charge in [0.15, 0.2) is 0 Å². The average molecular weight is 421 g/mol. The van der Waals surface area contributed by atoms with Crippen LogP contribution < -0.4 is 4.74 Å². The van der Waals surface area contributed by atoms with Crippen molar-refractivity contribution in [2.75, 3.05) is 19.0 Å². The van der Waals surface area contributed by atoms with Crippen molar-refractivity contribution in [3.05, 3.63) is 89.5 Å². The van der Waals surface area contributed by atoms with Crippen LogP contribution >= 0.6 is 11.8 Å². The number of hydrogen-bond donors (Lipinski definition) is 1. The maximum Gasteiger partial charge on any atom is 0.316 e. The van der Waals surface area contributed by atoms with Gasteiger partial charge in [-0.2, -0.15) is 0 Å². The molecular weight excluding hydrogens is 396 g/mol. The molecule has 0 amide bonds. The Morgan fingerprint density at radius 3 is 2.57 bits per heavy atom. The molecule has 30 heavy (non-hydrogen) atoms. The van der Waals surface area contributed by atoms with Gasteiger partial charge in [0.1, 0.15) is 11.5 Å². The third-order valence-electron chi connectivity index (χ3n) is 5.28. The summed E-state index contributed by atoms with van der Waals surface area (Å²) in [7, 11) is 0. The first kappa shape index (κ1) is 20.4. The molecule has 154 valence electrons. The molecule has 2 unspecified atom stereocenters. The minimum atomic E-state index is -0.200. The highest BCUT2D eigenvalue weighted by Crippen LogP contribution is 2.47. The van der Waals surface area contributed by atoms with Gasteiger partial charge in [0.05, 0.1) is 19.0 Å². The van der Waals surface area contributed by atoms with Crippen molar-refractivity contribution in [1.82, 2.24) is 0 Å². The summed E-state index contributed by atoms with van der Waals surface area (Å²) in [4.78, 5) is 12.6. The summed E-state index contributed by atoms with van der Waals surface area (Å²) < 4.78 is 11.0. The van der Waals surface area contributed by atoms with E-state index in [9.17, 15) is 9.90 Å². The second-order valence-electron chi connectivity index (χ2n) is 7.19. The highest BCUT2D eigenvalue weighted by molar-refractivity contribution is 8.00. The fourth-order valence-electron chi connectivity index (χ4n) is 3.91. The van der Waals surface area contributed by atoms with Gasteiger partial charge in [0, 0.05) is 28.4 Å². The van der Waals surface area contributed by atoms with Crippen molar-refractivity contribution in [1.29, 1.82) is 0 Å². The Bertz CT molecular complexity index is 1000. The second kappa shape index (κ2) is 9.26. The van der Waals surface area contributed by atoms with Crippen LogP contribution in [0.2, 0.25) is 0 Å². The first-order valence-electron chi connectivity index (χ1n) is 10.0. The van der Waals surface area contributed by atoms with Crippen molar-refractivity contribution >= 4 is 17.7 Å². The van der Waals surface area contributed by atoms with Gasteiger partial charge in [-0.1, -0.05) is 48.5 Å². The minimum absolute atomic E-state index is 0.112. The summed E-state index contributed by atoms with van der Waals surface area (Å²) in [5.41, 5.74) is 3.47. The predicted octanol–water partition coefficient (Wildman–Crippen LogP) is 5.36. The molecule has 2 atom stereocenters. The molecule has 0 saturated heterocycles. The first-order valence-corrected chi connectivity index (χ1v) is 11.0. The molecule has 3 aromatic rings. The summed E-state index contributed by atoms with van der Waals surface area (Å²) in [5, 5.41) is 9.89. The highest BCUT2D eigenvalue weighted by atomic mass is 32.2. The zero-order chi connectivity index (χ0) is 20.9. The van der Waals surface area contributed by atoms with Crippen LogP contribution in [0.4, 0.5) is 0 Å². The lowest BCUT2D eigenvalue weighted by atomic mass is 9.76. The van der Waals surface area contributed by atoms with Gasteiger partial charge >= 0.3 is 5.97 Å². The van der Waals surface area contributed by atoms with Gasteiger partial charge in [-0.05, 0) is 36.2 Å². The van der Waals surface area contributed by atoms with E-state index in [0.717, 1.165) is 16.2 Å². The molecule has 1 heterocycles. The number of carbonyl (C=O) groups is 1. The Balaban J connectivity index is 1.64. The molecule has 0 aromatic heterocycles. The van der Waals surface area contributed by atoms with Gasteiger partial charge in [0.25, 0.3) is 0 Å². The van der Waals surface area contributed by atoms with Gasteiger partial charge < -0.3 is 14.6 Å². The number of ether oxygens (including phenoxy) is 2. The van der Waals surface area contributed by atoms with Crippen molar-refractivity contribution in [2.45, 2.75) is 23.7 Å². The van der Waals surface area contributed by atoms with Crippen molar-refractivity contribution < 1.29 is 19.4 Å². The maximum absolute atomic E-state index is 11.6. The number of carbonyl (C=O) groups excluding carboxylic acids is 1. The van der Waals surface area contributed by atoms with Crippen LogP contribution in [-0.4, -0.2) is 30.0 Å². The third kappa shape index (κ3) is 4.46. The quantitative estimate of drug-likeness (QED) is 0.430. The van der Waals surface area contributed by atoms with E-state index in [4.69, 9.17) is 9.47 Å². The van der Waals surface area contributed by atoms with E-state index >= 15 is 0 Å². The number of esters is 1. The number of hydrogen-bond acceptors (Lipinski definition) is 5. The van der Waals surface area contributed by atoms with Gasteiger partial charge in [0.2, 0.25) is 0 Å². The van der Waals surface area contributed by atoms with Crippen molar-refractivity contribution in [3.63, 3.8) is 0 Å². The van der Waals surface area contributed by atoms with Crippen LogP contribution in [0.25, 0.3) is 0 Å². The van der Waals surface area contributed by atoms with Crippen LogP contribution in [0.15, 0.2) is 77.7 Å². The van der Waals surface area contributed by atoms with E-state index in [1.165, 1.54) is 22.9 Å². The SMILES string of the molecule is CCOC(=O)CSc1ccc(C2c3ccc(O)cc3OCC2c2ccccc2)cc1. The lowest BCUT2D eigenvalue weighted by Gasteiger charge is -2.34. The minimum Gasteiger partial charge on any atom is -0.508 e. The number of benzene rings is 3. The van der Waals surface area contributed by atoms with Gasteiger partial charge in [-0.3, -0.25) is 4.79 Å². The van der Waals surface area contributed by atoms with E-state index in [0.29, 0.717) is 19.0 Å². The van der Waals surface area contributed by atoms with Crippen LogP contribution in [0.1, 0.15) is 35.4 Å². The molecule has 1 N–H and O–H groups in total. The standard InChI is InChI=1S/C25H24O4S/c1-2-28-24(27)16-30-20-11-8-18(9-12-20)25-21-13-10-19(26)14-23(21)29-15-22(25)17-6-4-3-5-7-17/h3-14,22,25-26H,2,15-16H2,1H3. The number of fused-ring (bicyclic) bond motifs is 1. The lowest BCUT2D eigenvalue weighted by molar-refractivity contribution is -0.139. The summed E-state index contributed by atoms with van der Waals surface area (Å²) in [5.74, 6) is 1.32. The molecule has 0 fully saturated rings. The average Bonchev–Trinajstić information content (AvgIpc) is 2.78. The van der Waals surface area contributed by atoms with Crippen LogP contribution in [0.5, 0.6) is 11.5 Å². The zero-order valence-electron chi connectivity index (χ0n) is 16.8. The molecule has 4 nitrogen and oxygen atoms in total. The molecule has 0 aliphatic carbocycles. The Kier molecular flexibility index (Phi) is 6.29. The van der Waals surface area contributed by atoms with Gasteiger partial charge in [-0.25, -0.2) is 0 Å². The molecule has 0 spiro atoms. The van der Waals surface area contributed by atoms with Crippen molar-refractivity contribution in [3.8, 4) is 11.5 Å². The molecule has 0 saturated carbocycles. The molecule has 1 aliphatic rings. The summed E-state index contributed by atoms with van der Waals surface area (Å²) >= 11 is 1.48. The van der Waals surface area contributed by atoms with E-state index in [1.807, 2.05) is 31.2 Å². The number of phenolic OH excluding ortho intramolecular Hbond substituents is 1. The molecule has 3 aromatic carbocycles. The van der Waals surface area contributed by atoms with E-state index < -0.39 is 0 Å². The largest absolute Gasteiger partial charge is 0.508 e. The monoisotopic (exact) mass is 420 g/mol. The Labute approximate surface area is 180 Å². The second-order valence-corrected chi connectivity index (χ2v) is 8.24. The van der Waals surface area contributed by atoms with Crippen molar-refractivity contribution in [2.24, 2.45) is 0 Å². The fraction of sp³-hybridized carbons (Fsp3) is 0.240. The number of phenols is 1. The Morgan fingerprint density at radius 2 is 1.83 bits per heavy atom. The first-order chi connectivity index (χ1) is 14.7. The number of aromatic hydroxyl groups is 1. The lowest BCUT2D eigenvalue weighted by Crippen LogP contribution is -2.25. The summed E-state index contributed by atoms with van der Waals surface area (Å²) in [6.45, 7) is 2.76. The summed E-state index contributed by atoms with van der Waals surface area (Å²) in [6, 6.07) is 24.1. The molecule has 4 rings (SSSR count). The van der Waals surface area contributed by atoms with Crippen LogP contribution in [-0.2, 0) is 9.53 Å². The topological polar surface area (TPSA) is 55.8 Å². The zero-order valence-corrected chi connectivity index (χ0v) is 17.6. The van der Waals surface area contributed by atoms with Gasteiger partial charge in [-0.15, -0.1) is 11.8 Å². The molecule has 0 radical (unpaired) electrons. The molecular formula is C25H24O4S. The fourth-order valence-corrected chi connectivity index (χ4v) is 4.61. The van der Waals surface area contributed by atoms with E-state index in [2.05, 4.69) is 36.4 Å². The summed E-state index contributed by atoms with van der Waals surface area (Å²) in [6.07, 6.45) is 0. The van der Waals surface area contributed by atoms with E-state index in [-0.39, 0.29) is 23.6 Å². The third-order valence-corrected chi connectivity index (χ3v) is 6.27. The number of thioether (sulfide) groups is 1. The maximum atomic E-state index is 11.6. The molecule has 1 aliphatic heterocycles. The normalized spacial score (nSPS) is 17.6. The smallest absolute Gasteiger partial charge is 0.316 e. The van der Waals surface area contributed by atoms with Crippen LogP contribution in [0, 0.1) is 0 Å². The Hall–Kier alpha value is -2.92. The van der Waals surface area contributed by atoms with Crippen LogP contribution in [0.3, 0.4) is 0 Å². The van der Waals surface area contributed by atoms with E-state index in [1.54, 1.807) is 12.1 Å².